The van der Waals surface area contributed by atoms with Crippen molar-refractivity contribution in [3.05, 3.63) is 58.4 Å². The third-order valence-corrected chi connectivity index (χ3v) is 6.12. The largest absolute Gasteiger partial charge is 0.497 e. The first-order chi connectivity index (χ1) is 15.1. The Labute approximate surface area is 180 Å². The van der Waals surface area contributed by atoms with E-state index in [0.717, 1.165) is 54.4 Å². The molecule has 0 unspecified atom stereocenters. The molecule has 5 rings (SSSR count). The van der Waals surface area contributed by atoms with Gasteiger partial charge in [0.1, 0.15) is 11.3 Å². The van der Waals surface area contributed by atoms with Crippen molar-refractivity contribution in [2.45, 2.75) is 25.9 Å². The third kappa shape index (κ3) is 4.05. The fourth-order valence-electron chi connectivity index (χ4n) is 4.48. The van der Waals surface area contributed by atoms with Gasteiger partial charge in [0.2, 0.25) is 6.79 Å². The number of hydrogen-bond acceptors (Lipinski definition) is 7. The van der Waals surface area contributed by atoms with Gasteiger partial charge in [0.15, 0.2) is 11.5 Å². The van der Waals surface area contributed by atoms with Crippen LogP contribution in [0.25, 0.3) is 11.0 Å². The van der Waals surface area contributed by atoms with Crippen molar-refractivity contribution in [1.82, 2.24) is 4.90 Å². The SMILES string of the molecule is COc1ccc2oc(=O)cc(N[C@@H]3CCN(Cc4ccc5c(c4)OCO5)C[C@H]3C)c2c1. The first-order valence-corrected chi connectivity index (χ1v) is 10.6. The van der Waals surface area contributed by atoms with Crippen LogP contribution in [0.1, 0.15) is 18.9 Å². The van der Waals surface area contributed by atoms with Crippen LogP contribution < -0.4 is 25.2 Å². The van der Waals surface area contributed by atoms with Crippen LogP contribution in [-0.2, 0) is 6.54 Å². The first kappa shape index (κ1) is 19.8. The number of rotatable bonds is 5. The number of piperidine rings is 1. The van der Waals surface area contributed by atoms with Gasteiger partial charge in [-0.1, -0.05) is 13.0 Å². The summed E-state index contributed by atoms with van der Waals surface area (Å²) in [6, 6.07) is 13.4. The maximum atomic E-state index is 12.1. The Bertz CT molecular complexity index is 1160. The number of fused-ring (bicyclic) bond motifs is 2. The molecule has 0 saturated carbocycles. The van der Waals surface area contributed by atoms with Crippen LogP contribution in [0.4, 0.5) is 5.69 Å². The molecule has 0 amide bonds. The molecule has 2 atom stereocenters. The molecule has 3 aromatic rings. The lowest BCUT2D eigenvalue weighted by molar-refractivity contribution is 0.164. The van der Waals surface area contributed by atoms with Crippen LogP contribution in [-0.4, -0.2) is 37.9 Å². The maximum absolute atomic E-state index is 12.1. The Hall–Kier alpha value is -3.19. The smallest absolute Gasteiger partial charge is 0.338 e. The van der Waals surface area contributed by atoms with Gasteiger partial charge in [0.05, 0.1) is 12.8 Å². The molecule has 0 spiro atoms. The number of hydrogen-bond donors (Lipinski definition) is 1. The van der Waals surface area contributed by atoms with Gasteiger partial charge in [-0.2, -0.15) is 0 Å². The van der Waals surface area contributed by atoms with Crippen molar-refractivity contribution in [2.24, 2.45) is 5.92 Å². The Morgan fingerprint density at radius 3 is 2.84 bits per heavy atom. The van der Waals surface area contributed by atoms with Crippen molar-refractivity contribution in [1.29, 1.82) is 0 Å². The molecular weight excluding hydrogens is 396 g/mol. The topological polar surface area (TPSA) is 73.2 Å². The van der Waals surface area contributed by atoms with Crippen LogP contribution in [0.3, 0.4) is 0 Å². The fraction of sp³-hybridized carbons (Fsp3) is 0.375. The second kappa shape index (κ2) is 8.15. The zero-order valence-corrected chi connectivity index (χ0v) is 17.7. The van der Waals surface area contributed by atoms with E-state index in [4.69, 9.17) is 18.6 Å². The number of ether oxygens (including phenoxy) is 3. The normalized spacial score (nSPS) is 20.7. The molecule has 2 aliphatic heterocycles. The van der Waals surface area contributed by atoms with Gasteiger partial charge in [-0.25, -0.2) is 4.79 Å². The zero-order chi connectivity index (χ0) is 21.4. The van der Waals surface area contributed by atoms with E-state index in [0.29, 0.717) is 18.3 Å². The number of anilines is 1. The average molecular weight is 422 g/mol. The van der Waals surface area contributed by atoms with Gasteiger partial charge < -0.3 is 23.9 Å². The number of methoxy groups -OCH3 is 1. The molecule has 0 aliphatic carbocycles. The Kier molecular flexibility index (Phi) is 5.19. The molecule has 1 fully saturated rings. The predicted molar refractivity (Wildman–Crippen MR) is 118 cm³/mol. The van der Waals surface area contributed by atoms with Crippen molar-refractivity contribution in [2.75, 3.05) is 32.3 Å². The van der Waals surface area contributed by atoms with Gasteiger partial charge in [-0.15, -0.1) is 0 Å². The third-order valence-electron chi connectivity index (χ3n) is 6.12. The van der Waals surface area contributed by atoms with Crippen LogP contribution >= 0.6 is 0 Å². The highest BCUT2D eigenvalue weighted by molar-refractivity contribution is 5.90. The van der Waals surface area contributed by atoms with Gasteiger partial charge >= 0.3 is 5.63 Å². The molecule has 1 aromatic heterocycles. The summed E-state index contributed by atoms with van der Waals surface area (Å²) in [5.74, 6) is 2.79. The molecular formula is C24H26N2O5. The van der Waals surface area contributed by atoms with Gasteiger partial charge in [-0.05, 0) is 48.2 Å². The van der Waals surface area contributed by atoms with E-state index in [1.807, 2.05) is 12.1 Å². The molecule has 7 nitrogen and oxygen atoms in total. The molecule has 162 valence electrons. The maximum Gasteiger partial charge on any atom is 0.338 e. The van der Waals surface area contributed by atoms with Crippen molar-refractivity contribution in [3.8, 4) is 17.2 Å². The van der Waals surface area contributed by atoms with Gasteiger partial charge in [-0.3, -0.25) is 4.90 Å². The lowest BCUT2D eigenvalue weighted by Gasteiger charge is -2.38. The molecule has 0 bridgehead atoms. The molecule has 1 saturated heterocycles. The second-order valence-corrected chi connectivity index (χ2v) is 8.28. The van der Waals surface area contributed by atoms with Gasteiger partial charge in [0, 0.05) is 37.1 Å². The molecule has 2 aromatic carbocycles. The summed E-state index contributed by atoms with van der Waals surface area (Å²) in [4.78, 5) is 14.5. The highest BCUT2D eigenvalue weighted by atomic mass is 16.7. The summed E-state index contributed by atoms with van der Waals surface area (Å²) in [5, 5.41) is 4.46. The zero-order valence-electron chi connectivity index (χ0n) is 17.7. The number of nitrogens with zero attached hydrogens (tertiary/aromatic N) is 1. The van der Waals surface area contributed by atoms with E-state index in [-0.39, 0.29) is 11.7 Å². The quantitative estimate of drug-likeness (QED) is 0.626. The highest BCUT2D eigenvalue weighted by Gasteiger charge is 2.27. The highest BCUT2D eigenvalue weighted by Crippen LogP contribution is 2.33. The molecule has 2 aliphatic rings. The summed E-state index contributed by atoms with van der Waals surface area (Å²) in [5.41, 5.74) is 2.23. The van der Waals surface area contributed by atoms with Crippen LogP contribution in [0.2, 0.25) is 0 Å². The number of likely N-dealkylation sites (tertiary alicyclic amines) is 1. The lowest BCUT2D eigenvalue weighted by Crippen LogP contribution is -2.44. The van der Waals surface area contributed by atoms with E-state index >= 15 is 0 Å². The van der Waals surface area contributed by atoms with E-state index in [2.05, 4.69) is 29.3 Å². The summed E-state index contributed by atoms with van der Waals surface area (Å²) in [6.07, 6.45) is 0.984. The summed E-state index contributed by atoms with van der Waals surface area (Å²) >= 11 is 0. The lowest BCUT2D eigenvalue weighted by atomic mass is 9.93. The second-order valence-electron chi connectivity index (χ2n) is 8.28. The molecule has 31 heavy (non-hydrogen) atoms. The minimum atomic E-state index is -0.354. The van der Waals surface area contributed by atoms with Crippen LogP contribution in [0.5, 0.6) is 17.2 Å². The summed E-state index contributed by atoms with van der Waals surface area (Å²) in [7, 11) is 1.63. The monoisotopic (exact) mass is 422 g/mol. The van der Waals surface area contributed by atoms with Crippen LogP contribution in [0, 0.1) is 5.92 Å². The van der Waals surface area contributed by atoms with Crippen molar-refractivity contribution < 1.29 is 18.6 Å². The van der Waals surface area contributed by atoms with E-state index in [1.54, 1.807) is 19.2 Å². The minimum Gasteiger partial charge on any atom is -0.497 e. The average Bonchev–Trinajstić information content (AvgIpc) is 3.23. The molecule has 1 N–H and O–H groups in total. The Balaban J connectivity index is 1.29. The van der Waals surface area contributed by atoms with Gasteiger partial charge in [0.25, 0.3) is 0 Å². The standard InChI is InChI=1S/C24H26N2O5/c1-15-12-26(13-16-3-5-22-23(9-16)30-14-29-22)8-7-19(15)25-20-11-24(27)31-21-6-4-17(28-2)10-18(20)21/h3-6,9-11,15,19,25H,7-8,12-14H2,1-2H3/t15-,19-/m1/s1. The number of benzene rings is 2. The molecule has 3 heterocycles. The molecule has 0 radical (unpaired) electrons. The van der Waals surface area contributed by atoms with E-state index < -0.39 is 0 Å². The predicted octanol–water partition coefficient (Wildman–Crippen LogP) is 3.85. The van der Waals surface area contributed by atoms with Crippen molar-refractivity contribution >= 4 is 16.7 Å². The minimum absolute atomic E-state index is 0.268. The Morgan fingerprint density at radius 1 is 1.13 bits per heavy atom. The fourth-order valence-corrected chi connectivity index (χ4v) is 4.48. The summed E-state index contributed by atoms with van der Waals surface area (Å²) < 4.78 is 21.6. The van der Waals surface area contributed by atoms with E-state index in [9.17, 15) is 4.79 Å². The first-order valence-electron chi connectivity index (χ1n) is 10.6. The van der Waals surface area contributed by atoms with E-state index in [1.165, 1.54) is 11.6 Å². The Morgan fingerprint density at radius 2 is 2.00 bits per heavy atom. The molecule has 7 heteroatoms. The van der Waals surface area contributed by atoms with Crippen LogP contribution in [0.15, 0.2) is 51.7 Å². The number of nitrogens with one attached hydrogen (secondary N) is 1. The summed E-state index contributed by atoms with van der Waals surface area (Å²) in [6.45, 7) is 5.36. The van der Waals surface area contributed by atoms with Crippen molar-refractivity contribution in [3.63, 3.8) is 0 Å².